The topological polar surface area (TPSA) is 94.8 Å². The molecule has 0 aliphatic rings. The highest BCUT2D eigenvalue weighted by molar-refractivity contribution is 9.13. The molecule has 42 heavy (non-hydrogen) atoms. The first-order valence-electron chi connectivity index (χ1n) is 12.8. The number of benzene rings is 4. The van der Waals surface area contributed by atoms with E-state index in [0.29, 0.717) is 49.3 Å². The van der Waals surface area contributed by atoms with E-state index in [0.717, 1.165) is 5.56 Å². The summed E-state index contributed by atoms with van der Waals surface area (Å²) in [6.45, 7) is 1.78. The fraction of sp³-hybridized carbons (Fsp3) is 0.0968. The molecule has 0 unspecified atom stereocenters. The van der Waals surface area contributed by atoms with Crippen molar-refractivity contribution in [2.75, 3.05) is 18.5 Å². The molecule has 11 heteroatoms. The zero-order valence-electron chi connectivity index (χ0n) is 22.2. The van der Waals surface area contributed by atoms with Crippen LogP contribution in [-0.2, 0) is 4.79 Å². The Balaban J connectivity index is 1.48. The Morgan fingerprint density at radius 1 is 1.00 bits per heavy atom. The average molecular weight is 694 g/mol. The molecule has 1 aromatic heterocycles. The molecule has 0 aliphatic carbocycles. The average Bonchev–Trinajstić information content (AvgIpc) is 2.99. The molecule has 0 bridgehead atoms. The van der Waals surface area contributed by atoms with E-state index >= 15 is 0 Å². The third kappa shape index (κ3) is 6.42. The lowest BCUT2D eigenvalue weighted by atomic mass is 10.2. The molecule has 0 fully saturated rings. The van der Waals surface area contributed by atoms with Gasteiger partial charge < -0.3 is 14.8 Å². The number of para-hydroxylation sites is 1. The van der Waals surface area contributed by atoms with Gasteiger partial charge in [0.25, 0.3) is 11.5 Å². The summed E-state index contributed by atoms with van der Waals surface area (Å²) >= 11 is 7.09. The van der Waals surface area contributed by atoms with Crippen LogP contribution in [0, 0.1) is 5.82 Å². The van der Waals surface area contributed by atoms with E-state index < -0.39 is 11.7 Å². The second-order valence-electron chi connectivity index (χ2n) is 8.88. The lowest BCUT2D eigenvalue weighted by Crippen LogP contribution is -2.21. The van der Waals surface area contributed by atoms with Gasteiger partial charge >= 0.3 is 0 Å². The van der Waals surface area contributed by atoms with Crippen molar-refractivity contribution in [3.8, 4) is 22.9 Å². The van der Waals surface area contributed by atoms with E-state index in [9.17, 15) is 14.0 Å². The van der Waals surface area contributed by atoms with Gasteiger partial charge in [-0.1, -0.05) is 48.5 Å². The summed E-state index contributed by atoms with van der Waals surface area (Å²) < 4.78 is 27.4. The number of ether oxygens (including phenoxy) is 2. The predicted octanol–water partition coefficient (Wildman–Crippen LogP) is 7.03. The third-order valence-electron chi connectivity index (χ3n) is 6.01. The highest BCUT2D eigenvalue weighted by atomic mass is 79.9. The number of hydrogen-bond donors (Lipinski definition) is 1. The number of fused-ring (bicyclic) bond motifs is 1. The summed E-state index contributed by atoms with van der Waals surface area (Å²) in [7, 11) is 0. The lowest BCUT2D eigenvalue weighted by Gasteiger charge is -2.16. The van der Waals surface area contributed by atoms with Crippen LogP contribution in [0.4, 0.5) is 10.1 Å². The zero-order valence-corrected chi connectivity index (χ0v) is 25.4. The maximum Gasteiger partial charge on any atom is 0.282 e. The summed E-state index contributed by atoms with van der Waals surface area (Å²) in [5, 5.41) is 7.57. The Kier molecular flexibility index (Phi) is 9.09. The van der Waals surface area contributed by atoms with Gasteiger partial charge in [0.1, 0.15) is 5.82 Å². The number of amides is 1. The van der Waals surface area contributed by atoms with Crippen LogP contribution in [0.15, 0.2) is 104 Å². The van der Waals surface area contributed by atoms with E-state index in [1.165, 1.54) is 29.1 Å². The number of rotatable bonds is 9. The van der Waals surface area contributed by atoms with E-state index in [2.05, 4.69) is 42.3 Å². The van der Waals surface area contributed by atoms with Crippen molar-refractivity contribution >= 4 is 60.6 Å². The van der Waals surface area contributed by atoms with Gasteiger partial charge in [0, 0.05) is 21.3 Å². The Hall–Kier alpha value is -4.35. The van der Waals surface area contributed by atoms with Gasteiger partial charge in [0.15, 0.2) is 23.9 Å². The number of aromatic nitrogens is 2. The van der Waals surface area contributed by atoms with Gasteiger partial charge in [-0.05, 0) is 75.2 Å². The molecule has 4 aromatic carbocycles. The van der Waals surface area contributed by atoms with Gasteiger partial charge in [0.2, 0.25) is 0 Å². The maximum atomic E-state index is 13.5. The van der Waals surface area contributed by atoms with Crippen molar-refractivity contribution in [2.45, 2.75) is 6.92 Å². The Morgan fingerprint density at radius 3 is 2.52 bits per heavy atom. The summed E-state index contributed by atoms with van der Waals surface area (Å²) in [5.74, 6) is 0.0758. The highest BCUT2D eigenvalue weighted by Crippen LogP contribution is 2.42. The van der Waals surface area contributed by atoms with E-state index in [1.54, 1.807) is 30.3 Å². The monoisotopic (exact) mass is 692 g/mol. The Labute approximate surface area is 257 Å². The SMILES string of the molecule is CCOc1cc(C=Nn2c(-c3ccccc3)nc3ccccc3c2=O)c(Br)c(Br)c1OCC(=O)Nc1cccc(F)c1. The predicted molar refractivity (Wildman–Crippen MR) is 168 cm³/mol. The number of carbonyl (C=O) groups is 1. The molecule has 5 rings (SSSR count). The normalized spacial score (nSPS) is 11.1. The molecule has 212 valence electrons. The molecule has 0 spiro atoms. The number of nitrogens with one attached hydrogen (secondary N) is 1. The maximum absolute atomic E-state index is 13.5. The number of anilines is 1. The molecular formula is C31H23Br2FN4O4. The lowest BCUT2D eigenvalue weighted by molar-refractivity contribution is -0.118. The molecule has 0 atom stereocenters. The van der Waals surface area contributed by atoms with Crippen LogP contribution in [0.3, 0.4) is 0 Å². The number of carbonyl (C=O) groups excluding carboxylic acids is 1. The molecule has 0 aliphatic heterocycles. The molecule has 0 radical (unpaired) electrons. The smallest absolute Gasteiger partial charge is 0.282 e. The van der Waals surface area contributed by atoms with Gasteiger partial charge in [-0.2, -0.15) is 9.78 Å². The van der Waals surface area contributed by atoms with Crippen LogP contribution < -0.4 is 20.3 Å². The second kappa shape index (κ2) is 13.1. The van der Waals surface area contributed by atoms with E-state index in [-0.39, 0.29) is 17.9 Å². The Bertz CT molecular complexity index is 1860. The molecule has 1 N–H and O–H groups in total. The molecule has 1 amide bonds. The first kappa shape index (κ1) is 29.2. The van der Waals surface area contributed by atoms with Crippen LogP contribution in [0.1, 0.15) is 12.5 Å². The zero-order chi connectivity index (χ0) is 29.6. The molecule has 0 saturated carbocycles. The third-order valence-corrected chi connectivity index (χ3v) is 8.15. The number of halogens is 3. The highest BCUT2D eigenvalue weighted by Gasteiger charge is 2.19. The second-order valence-corrected chi connectivity index (χ2v) is 10.5. The molecular weight excluding hydrogens is 671 g/mol. The van der Waals surface area contributed by atoms with E-state index in [4.69, 9.17) is 14.5 Å². The molecule has 5 aromatic rings. The summed E-state index contributed by atoms with van der Waals surface area (Å²) in [5.41, 5.74) is 1.86. The van der Waals surface area contributed by atoms with Crippen molar-refractivity contribution in [3.63, 3.8) is 0 Å². The number of hydrogen-bond acceptors (Lipinski definition) is 6. The van der Waals surface area contributed by atoms with Crippen molar-refractivity contribution < 1.29 is 18.7 Å². The summed E-state index contributed by atoms with van der Waals surface area (Å²) in [6.07, 6.45) is 1.52. The fourth-order valence-electron chi connectivity index (χ4n) is 4.12. The summed E-state index contributed by atoms with van der Waals surface area (Å²) in [6, 6.07) is 23.7. The van der Waals surface area contributed by atoms with Gasteiger partial charge in [-0.15, -0.1) is 0 Å². The minimum Gasteiger partial charge on any atom is -0.490 e. The van der Waals surface area contributed by atoms with Crippen molar-refractivity contribution in [3.05, 3.63) is 116 Å². The van der Waals surface area contributed by atoms with Crippen LogP contribution in [0.5, 0.6) is 11.5 Å². The molecule has 8 nitrogen and oxygen atoms in total. The van der Waals surface area contributed by atoms with Gasteiger partial charge in [0.05, 0.1) is 28.2 Å². The summed E-state index contributed by atoms with van der Waals surface area (Å²) in [4.78, 5) is 30.7. The van der Waals surface area contributed by atoms with Crippen LogP contribution >= 0.6 is 31.9 Å². The first-order chi connectivity index (χ1) is 20.4. The van der Waals surface area contributed by atoms with Crippen molar-refractivity contribution in [1.82, 2.24) is 9.66 Å². The minimum absolute atomic E-state index is 0.282. The molecule has 0 saturated heterocycles. The van der Waals surface area contributed by atoms with Crippen LogP contribution in [0.2, 0.25) is 0 Å². The minimum atomic E-state index is -0.478. The van der Waals surface area contributed by atoms with Crippen molar-refractivity contribution in [2.24, 2.45) is 5.10 Å². The number of nitrogens with zero attached hydrogens (tertiary/aromatic N) is 3. The van der Waals surface area contributed by atoms with Crippen LogP contribution in [0.25, 0.3) is 22.3 Å². The largest absolute Gasteiger partial charge is 0.490 e. The quantitative estimate of drug-likeness (QED) is 0.167. The first-order valence-corrected chi connectivity index (χ1v) is 14.4. The van der Waals surface area contributed by atoms with Crippen LogP contribution in [-0.4, -0.2) is 35.0 Å². The van der Waals surface area contributed by atoms with Gasteiger partial charge in [-0.25, -0.2) is 9.37 Å². The Morgan fingerprint density at radius 2 is 1.76 bits per heavy atom. The van der Waals surface area contributed by atoms with Crippen molar-refractivity contribution in [1.29, 1.82) is 0 Å². The van der Waals surface area contributed by atoms with Gasteiger partial charge in [-0.3, -0.25) is 9.59 Å². The molecule has 1 heterocycles. The fourth-order valence-corrected chi connectivity index (χ4v) is 5.06. The standard InChI is InChI=1S/C31H23Br2FN4O4/c1-2-41-25-15-20(27(32)28(33)29(25)42-18-26(39)36-22-12-8-11-21(34)16-22)17-35-38-30(19-9-4-3-5-10-19)37-24-14-7-6-13-23(24)31(38)40/h3-17H,2,18H2,1H3,(H,36,39). The van der Waals surface area contributed by atoms with E-state index in [1.807, 2.05) is 43.3 Å².